The fraction of sp³-hybridized carbons (Fsp3) is 0.500. The molecule has 0 bridgehead atoms. The third-order valence-electron chi connectivity index (χ3n) is 3.83. The van der Waals surface area contributed by atoms with Crippen molar-refractivity contribution in [3.63, 3.8) is 0 Å². The highest BCUT2D eigenvalue weighted by Gasteiger charge is 2.27. The van der Waals surface area contributed by atoms with Crippen LogP contribution >= 0.6 is 0 Å². The van der Waals surface area contributed by atoms with Crippen LogP contribution in [0.4, 0.5) is 0 Å². The fourth-order valence-electron chi connectivity index (χ4n) is 2.62. The minimum atomic E-state index is -0.0894. The zero-order valence-corrected chi connectivity index (χ0v) is 11.1. The number of carbonyl (C=O) groups excluding carboxylic acids is 2. The lowest BCUT2D eigenvalue weighted by Crippen LogP contribution is -2.23. The van der Waals surface area contributed by atoms with Crippen molar-refractivity contribution in [1.82, 2.24) is 0 Å². The van der Waals surface area contributed by atoms with Gasteiger partial charge in [-0.05, 0) is 37.2 Å². The van der Waals surface area contributed by atoms with E-state index in [1.807, 2.05) is 30.3 Å². The molecule has 1 aliphatic rings. The topological polar surface area (TPSA) is 43.4 Å². The molecule has 0 heterocycles. The second-order valence-corrected chi connectivity index (χ2v) is 5.21. The van der Waals surface area contributed by atoms with Crippen LogP contribution in [0.25, 0.3) is 0 Å². The van der Waals surface area contributed by atoms with E-state index in [1.54, 1.807) is 0 Å². The summed E-state index contributed by atoms with van der Waals surface area (Å²) in [6, 6.07) is 9.73. The predicted octanol–water partition coefficient (Wildman–Crippen LogP) is 3.13. The number of carbonyl (C=O) groups is 2. The Kier molecular flexibility index (Phi) is 5.13. The Balaban J connectivity index is 1.74. The predicted molar refractivity (Wildman–Crippen MR) is 72.4 cm³/mol. The number of hydrogen-bond acceptors (Lipinski definition) is 3. The number of aldehydes is 1. The second kappa shape index (κ2) is 7.07. The molecule has 1 fully saturated rings. The number of benzene rings is 1. The molecule has 0 radical (unpaired) electrons. The van der Waals surface area contributed by atoms with Crippen molar-refractivity contribution >= 4 is 12.3 Å². The maximum absolute atomic E-state index is 11.9. The molecule has 1 saturated carbocycles. The highest BCUT2D eigenvalue weighted by atomic mass is 16.5. The van der Waals surface area contributed by atoms with Crippen molar-refractivity contribution in [2.45, 2.75) is 38.7 Å². The average Bonchev–Trinajstić information content (AvgIpc) is 2.47. The summed E-state index contributed by atoms with van der Waals surface area (Å²) in [6.07, 6.45) is 5.25. The van der Waals surface area contributed by atoms with E-state index >= 15 is 0 Å². The molecule has 0 N–H and O–H groups in total. The second-order valence-electron chi connectivity index (χ2n) is 5.21. The van der Waals surface area contributed by atoms with Crippen molar-refractivity contribution in [1.29, 1.82) is 0 Å². The van der Waals surface area contributed by atoms with Gasteiger partial charge >= 0.3 is 5.97 Å². The van der Waals surface area contributed by atoms with E-state index < -0.39 is 0 Å². The van der Waals surface area contributed by atoms with Crippen LogP contribution in [0, 0.1) is 11.8 Å². The molecule has 0 atom stereocenters. The van der Waals surface area contributed by atoms with Gasteiger partial charge in [0, 0.05) is 6.42 Å². The van der Waals surface area contributed by atoms with Gasteiger partial charge in [-0.15, -0.1) is 0 Å². The molecule has 3 nitrogen and oxygen atoms in total. The Morgan fingerprint density at radius 1 is 1.16 bits per heavy atom. The number of rotatable bonds is 5. The molecule has 1 aromatic rings. The molecule has 102 valence electrons. The molecule has 19 heavy (non-hydrogen) atoms. The van der Waals surface area contributed by atoms with Gasteiger partial charge in [0.05, 0.1) is 5.92 Å². The Morgan fingerprint density at radius 2 is 1.84 bits per heavy atom. The smallest absolute Gasteiger partial charge is 0.309 e. The highest BCUT2D eigenvalue weighted by molar-refractivity contribution is 5.72. The van der Waals surface area contributed by atoms with Crippen molar-refractivity contribution in [3.05, 3.63) is 35.9 Å². The Labute approximate surface area is 114 Å². The molecule has 0 aromatic heterocycles. The third-order valence-corrected chi connectivity index (χ3v) is 3.83. The average molecular weight is 260 g/mol. The van der Waals surface area contributed by atoms with E-state index in [-0.39, 0.29) is 11.9 Å². The summed E-state index contributed by atoms with van der Waals surface area (Å²) in [5.41, 5.74) is 1.02. The largest absolute Gasteiger partial charge is 0.461 e. The monoisotopic (exact) mass is 260 g/mol. The van der Waals surface area contributed by atoms with E-state index in [4.69, 9.17) is 4.74 Å². The SMILES string of the molecule is O=CCC1CCC(C(=O)OCc2ccccc2)CC1. The first-order valence-electron chi connectivity index (χ1n) is 6.94. The van der Waals surface area contributed by atoms with Gasteiger partial charge in [0.2, 0.25) is 0 Å². The molecule has 0 aliphatic heterocycles. The van der Waals surface area contributed by atoms with Gasteiger partial charge in [0.25, 0.3) is 0 Å². The highest BCUT2D eigenvalue weighted by Crippen LogP contribution is 2.31. The van der Waals surface area contributed by atoms with Gasteiger partial charge in [-0.25, -0.2) is 0 Å². The first-order valence-corrected chi connectivity index (χ1v) is 6.94. The molecule has 2 rings (SSSR count). The molecule has 1 aliphatic carbocycles. The van der Waals surface area contributed by atoms with Crippen molar-refractivity contribution in [2.75, 3.05) is 0 Å². The Bertz CT molecular complexity index is 405. The minimum absolute atomic E-state index is 0.0200. The van der Waals surface area contributed by atoms with Gasteiger partial charge in [0.1, 0.15) is 12.9 Å². The van der Waals surface area contributed by atoms with Crippen LogP contribution in [-0.4, -0.2) is 12.3 Å². The maximum atomic E-state index is 11.9. The zero-order chi connectivity index (χ0) is 13.5. The van der Waals surface area contributed by atoms with Crippen LogP contribution in [0.1, 0.15) is 37.7 Å². The van der Waals surface area contributed by atoms with E-state index in [0.29, 0.717) is 18.9 Å². The molecule has 0 unspecified atom stereocenters. The summed E-state index contributed by atoms with van der Waals surface area (Å²) in [7, 11) is 0. The van der Waals surface area contributed by atoms with Gasteiger partial charge < -0.3 is 9.53 Å². The summed E-state index contributed by atoms with van der Waals surface area (Å²) in [6.45, 7) is 0.355. The van der Waals surface area contributed by atoms with Gasteiger partial charge in [-0.1, -0.05) is 30.3 Å². The Hall–Kier alpha value is -1.64. The maximum Gasteiger partial charge on any atom is 0.309 e. The van der Waals surface area contributed by atoms with E-state index in [0.717, 1.165) is 37.5 Å². The van der Waals surface area contributed by atoms with E-state index in [9.17, 15) is 9.59 Å². The molecule has 0 spiro atoms. The molecule has 1 aromatic carbocycles. The summed E-state index contributed by atoms with van der Waals surface area (Å²) in [5, 5.41) is 0. The van der Waals surface area contributed by atoms with Crippen LogP contribution in [0.15, 0.2) is 30.3 Å². The molecule has 0 amide bonds. The standard InChI is InChI=1S/C16H20O3/c17-11-10-13-6-8-15(9-7-13)16(18)19-12-14-4-2-1-3-5-14/h1-5,11,13,15H,6-10,12H2. The molecular formula is C16H20O3. The quantitative estimate of drug-likeness (QED) is 0.603. The van der Waals surface area contributed by atoms with Crippen molar-refractivity contribution in [2.24, 2.45) is 11.8 Å². The zero-order valence-electron chi connectivity index (χ0n) is 11.1. The fourth-order valence-corrected chi connectivity index (χ4v) is 2.62. The van der Waals surface area contributed by atoms with Crippen LogP contribution in [-0.2, 0) is 20.9 Å². The number of ether oxygens (including phenoxy) is 1. The molecular weight excluding hydrogens is 240 g/mol. The van der Waals surface area contributed by atoms with Gasteiger partial charge in [0.15, 0.2) is 0 Å². The molecule has 0 saturated heterocycles. The van der Waals surface area contributed by atoms with E-state index in [2.05, 4.69) is 0 Å². The minimum Gasteiger partial charge on any atom is -0.461 e. The Morgan fingerprint density at radius 3 is 2.47 bits per heavy atom. The summed E-state index contributed by atoms with van der Waals surface area (Å²) in [5.74, 6) is 0.399. The summed E-state index contributed by atoms with van der Waals surface area (Å²) >= 11 is 0. The normalized spacial score (nSPS) is 22.7. The first-order chi connectivity index (χ1) is 9.29. The lowest BCUT2D eigenvalue weighted by atomic mass is 9.81. The number of hydrogen-bond donors (Lipinski definition) is 0. The van der Waals surface area contributed by atoms with Crippen LogP contribution in [0.3, 0.4) is 0 Å². The summed E-state index contributed by atoms with van der Waals surface area (Å²) < 4.78 is 5.35. The first kappa shape index (κ1) is 13.8. The van der Waals surface area contributed by atoms with Crippen molar-refractivity contribution in [3.8, 4) is 0 Å². The van der Waals surface area contributed by atoms with Crippen molar-refractivity contribution < 1.29 is 14.3 Å². The summed E-state index contributed by atoms with van der Waals surface area (Å²) in [4.78, 5) is 22.4. The van der Waals surface area contributed by atoms with Crippen LogP contribution in [0.2, 0.25) is 0 Å². The van der Waals surface area contributed by atoms with Gasteiger partial charge in [-0.3, -0.25) is 4.79 Å². The van der Waals surface area contributed by atoms with Crippen LogP contribution in [0.5, 0.6) is 0 Å². The van der Waals surface area contributed by atoms with E-state index in [1.165, 1.54) is 0 Å². The molecule has 3 heteroatoms. The lowest BCUT2D eigenvalue weighted by molar-refractivity contribution is -0.151. The third kappa shape index (κ3) is 4.19. The van der Waals surface area contributed by atoms with Crippen LogP contribution < -0.4 is 0 Å². The number of esters is 1. The lowest BCUT2D eigenvalue weighted by Gasteiger charge is -2.25. The van der Waals surface area contributed by atoms with Gasteiger partial charge in [-0.2, -0.15) is 0 Å².